The molecule has 6 nitrogen and oxygen atoms in total. The van der Waals surface area contributed by atoms with Crippen LogP contribution in [0.2, 0.25) is 5.02 Å². The Balaban J connectivity index is 1.81. The Labute approximate surface area is 159 Å². The van der Waals surface area contributed by atoms with E-state index in [0.717, 1.165) is 13.0 Å². The molecule has 2 aliphatic heterocycles. The van der Waals surface area contributed by atoms with Crippen LogP contribution in [0, 0.1) is 0 Å². The number of carbonyl (C=O) groups excluding carboxylic acids is 1. The van der Waals surface area contributed by atoms with Crippen molar-refractivity contribution in [1.82, 2.24) is 9.80 Å². The maximum atomic E-state index is 13.0. The van der Waals surface area contributed by atoms with Crippen molar-refractivity contribution in [3.63, 3.8) is 0 Å². The molecule has 1 aromatic rings. The lowest BCUT2D eigenvalue weighted by Crippen LogP contribution is -2.48. The Hall–Kier alpha value is -1.50. The first-order chi connectivity index (χ1) is 12.5. The Bertz CT molecular complexity index is 655. The number of likely N-dealkylation sites (N-methyl/N-ethyl adjacent to an activating group) is 1. The summed E-state index contributed by atoms with van der Waals surface area (Å²) in [5.74, 6) is 0.966. The van der Waals surface area contributed by atoms with Crippen molar-refractivity contribution in [2.45, 2.75) is 32.4 Å². The smallest absolute Gasteiger partial charge is 0.254 e. The van der Waals surface area contributed by atoms with Gasteiger partial charge in [0.2, 0.25) is 0 Å². The van der Waals surface area contributed by atoms with Gasteiger partial charge in [0, 0.05) is 25.2 Å². The largest absolute Gasteiger partial charge is 0.490 e. The molecule has 3 rings (SSSR count). The van der Waals surface area contributed by atoms with Gasteiger partial charge in [0.1, 0.15) is 0 Å². The van der Waals surface area contributed by atoms with Gasteiger partial charge in [-0.3, -0.25) is 9.69 Å². The van der Waals surface area contributed by atoms with Gasteiger partial charge in [-0.1, -0.05) is 18.5 Å². The van der Waals surface area contributed by atoms with Gasteiger partial charge in [-0.15, -0.1) is 0 Å². The first-order valence-electron chi connectivity index (χ1n) is 9.25. The molecule has 0 spiro atoms. The first kappa shape index (κ1) is 19.3. The van der Waals surface area contributed by atoms with Crippen LogP contribution in [0.3, 0.4) is 0 Å². The van der Waals surface area contributed by atoms with Crippen LogP contribution >= 0.6 is 11.6 Å². The highest BCUT2D eigenvalue weighted by molar-refractivity contribution is 6.32. The number of rotatable bonds is 6. The second-order valence-corrected chi connectivity index (χ2v) is 7.14. The van der Waals surface area contributed by atoms with Gasteiger partial charge >= 0.3 is 0 Å². The molecule has 2 fully saturated rings. The minimum Gasteiger partial charge on any atom is -0.490 e. The van der Waals surface area contributed by atoms with Crippen LogP contribution < -0.4 is 9.47 Å². The van der Waals surface area contributed by atoms with Gasteiger partial charge in [-0.25, -0.2) is 0 Å². The number of hydrogen-bond donors (Lipinski definition) is 0. The van der Waals surface area contributed by atoms with Crippen molar-refractivity contribution in [3.05, 3.63) is 22.7 Å². The predicted molar refractivity (Wildman–Crippen MR) is 100 cm³/mol. The molecule has 2 aliphatic rings. The summed E-state index contributed by atoms with van der Waals surface area (Å²) < 4.78 is 17.2. The number of halogens is 1. The monoisotopic (exact) mass is 382 g/mol. The molecule has 0 aromatic heterocycles. The molecular formula is C19H27ClN2O4. The molecule has 2 heterocycles. The Kier molecular flexibility index (Phi) is 6.27. The molecule has 1 aromatic carbocycles. The van der Waals surface area contributed by atoms with Crippen molar-refractivity contribution < 1.29 is 19.0 Å². The SMILES string of the molecule is CCCOc1c(Cl)cc(C(=O)N2C[C@H]3OCCN(C)[C@H]3C2)cc1OCC. The highest BCUT2D eigenvalue weighted by Gasteiger charge is 2.40. The molecule has 0 unspecified atom stereocenters. The molecule has 0 saturated carbocycles. The fraction of sp³-hybridized carbons (Fsp3) is 0.632. The van der Waals surface area contributed by atoms with E-state index in [1.165, 1.54) is 0 Å². The van der Waals surface area contributed by atoms with Crippen LogP contribution in [0.1, 0.15) is 30.6 Å². The van der Waals surface area contributed by atoms with Gasteiger partial charge in [0.25, 0.3) is 5.91 Å². The van der Waals surface area contributed by atoms with Gasteiger partial charge in [-0.2, -0.15) is 0 Å². The average Bonchev–Trinajstić information content (AvgIpc) is 3.06. The second-order valence-electron chi connectivity index (χ2n) is 6.73. The summed E-state index contributed by atoms with van der Waals surface area (Å²) in [5, 5.41) is 0.401. The van der Waals surface area contributed by atoms with Crippen LogP contribution in [0.15, 0.2) is 12.1 Å². The van der Waals surface area contributed by atoms with E-state index >= 15 is 0 Å². The Morgan fingerprint density at radius 1 is 1.31 bits per heavy atom. The van der Waals surface area contributed by atoms with Crippen molar-refractivity contribution in [2.24, 2.45) is 0 Å². The van der Waals surface area contributed by atoms with E-state index in [2.05, 4.69) is 11.9 Å². The molecule has 2 atom stereocenters. The molecule has 7 heteroatoms. The molecule has 0 N–H and O–H groups in total. The third kappa shape index (κ3) is 3.92. The molecular weight excluding hydrogens is 356 g/mol. The number of ether oxygens (including phenoxy) is 3. The molecule has 26 heavy (non-hydrogen) atoms. The molecule has 0 radical (unpaired) electrons. The molecule has 0 aliphatic carbocycles. The zero-order valence-electron chi connectivity index (χ0n) is 15.7. The maximum absolute atomic E-state index is 13.0. The third-order valence-electron chi connectivity index (χ3n) is 4.87. The van der Waals surface area contributed by atoms with E-state index in [1.807, 2.05) is 18.7 Å². The zero-order valence-corrected chi connectivity index (χ0v) is 16.4. The summed E-state index contributed by atoms with van der Waals surface area (Å²) in [6, 6.07) is 3.65. The standard InChI is InChI=1S/C19H27ClN2O4/c1-4-7-26-18-14(20)9-13(10-16(18)24-5-2)19(23)22-11-15-17(12-22)25-8-6-21(15)3/h9-10,15,17H,4-8,11-12H2,1-3H3/t15-,17+/m0/s1. The fourth-order valence-corrected chi connectivity index (χ4v) is 3.77. The summed E-state index contributed by atoms with van der Waals surface area (Å²) in [6.45, 7) is 7.81. The molecule has 0 bridgehead atoms. The van der Waals surface area contributed by atoms with E-state index < -0.39 is 0 Å². The molecule has 144 valence electrons. The highest BCUT2D eigenvalue weighted by atomic mass is 35.5. The molecule has 2 saturated heterocycles. The number of benzene rings is 1. The van der Waals surface area contributed by atoms with Crippen molar-refractivity contribution in [3.8, 4) is 11.5 Å². The summed E-state index contributed by atoms with van der Waals surface area (Å²) in [5.41, 5.74) is 0.517. The third-order valence-corrected chi connectivity index (χ3v) is 5.15. The first-order valence-corrected chi connectivity index (χ1v) is 9.63. The lowest BCUT2D eigenvalue weighted by Gasteiger charge is -2.33. The van der Waals surface area contributed by atoms with Crippen molar-refractivity contribution >= 4 is 17.5 Å². The van der Waals surface area contributed by atoms with E-state index in [0.29, 0.717) is 55.0 Å². The number of morpholine rings is 1. The van der Waals surface area contributed by atoms with E-state index in [1.54, 1.807) is 12.1 Å². The number of carbonyl (C=O) groups is 1. The summed E-state index contributed by atoms with van der Waals surface area (Å²) in [4.78, 5) is 17.1. The summed E-state index contributed by atoms with van der Waals surface area (Å²) in [7, 11) is 2.08. The number of hydrogen-bond acceptors (Lipinski definition) is 5. The minimum absolute atomic E-state index is 0.0544. The Morgan fingerprint density at radius 2 is 2.12 bits per heavy atom. The van der Waals surface area contributed by atoms with Gasteiger partial charge in [-0.05, 0) is 32.5 Å². The van der Waals surface area contributed by atoms with Crippen molar-refractivity contribution in [2.75, 3.05) is 46.5 Å². The quantitative estimate of drug-likeness (QED) is 0.757. The topological polar surface area (TPSA) is 51.2 Å². The van der Waals surface area contributed by atoms with E-state index in [9.17, 15) is 4.79 Å². The van der Waals surface area contributed by atoms with Gasteiger partial charge < -0.3 is 19.1 Å². The number of likely N-dealkylation sites (tertiary alicyclic amines) is 1. The Morgan fingerprint density at radius 3 is 2.81 bits per heavy atom. The normalized spacial score (nSPS) is 23.0. The fourth-order valence-electron chi connectivity index (χ4n) is 3.50. The van der Waals surface area contributed by atoms with E-state index in [4.69, 9.17) is 25.8 Å². The second kappa shape index (κ2) is 8.46. The van der Waals surface area contributed by atoms with Crippen LogP contribution in [0.4, 0.5) is 0 Å². The highest BCUT2D eigenvalue weighted by Crippen LogP contribution is 2.37. The predicted octanol–water partition coefficient (Wildman–Crippen LogP) is 2.68. The lowest BCUT2D eigenvalue weighted by atomic mass is 10.1. The average molecular weight is 383 g/mol. The van der Waals surface area contributed by atoms with Crippen molar-refractivity contribution in [1.29, 1.82) is 0 Å². The maximum Gasteiger partial charge on any atom is 0.254 e. The minimum atomic E-state index is -0.0544. The van der Waals surface area contributed by atoms with Gasteiger partial charge in [0.05, 0.1) is 37.0 Å². The van der Waals surface area contributed by atoms with Gasteiger partial charge in [0.15, 0.2) is 11.5 Å². The van der Waals surface area contributed by atoms with Crippen LogP contribution in [-0.4, -0.2) is 74.4 Å². The number of amides is 1. The van der Waals surface area contributed by atoms with Crippen LogP contribution in [-0.2, 0) is 4.74 Å². The molecule has 1 amide bonds. The zero-order chi connectivity index (χ0) is 18.7. The lowest BCUT2D eigenvalue weighted by molar-refractivity contribution is -0.0368. The number of fused-ring (bicyclic) bond motifs is 1. The van der Waals surface area contributed by atoms with E-state index in [-0.39, 0.29) is 18.1 Å². The van der Waals surface area contributed by atoms with Crippen LogP contribution in [0.5, 0.6) is 11.5 Å². The van der Waals surface area contributed by atoms with Crippen LogP contribution in [0.25, 0.3) is 0 Å². The summed E-state index contributed by atoms with van der Waals surface area (Å²) in [6.07, 6.45) is 0.943. The number of nitrogens with zero attached hydrogens (tertiary/aromatic N) is 2. The summed E-state index contributed by atoms with van der Waals surface area (Å²) >= 11 is 6.39.